The van der Waals surface area contributed by atoms with Crippen molar-refractivity contribution < 1.29 is 9.59 Å². The van der Waals surface area contributed by atoms with Crippen LogP contribution in [-0.2, 0) is 9.59 Å². The first kappa shape index (κ1) is 19.7. The van der Waals surface area contributed by atoms with Gasteiger partial charge in [-0.3, -0.25) is 9.59 Å². The molecule has 0 unspecified atom stereocenters. The highest BCUT2D eigenvalue weighted by molar-refractivity contribution is 6.35. The standard InChI is InChI=1S/C19H23ClN4O2/c1-12(2)10-21-18(25)19(26)23-22-11-15-9-13(3)24(14(15)4)17-8-6-5-7-16(17)20/h5-9,11-12H,10H2,1-4H3,(H,21,25)(H,23,26)/b22-11-. The van der Waals surface area contributed by atoms with Gasteiger partial charge in [0.15, 0.2) is 0 Å². The van der Waals surface area contributed by atoms with Crippen molar-refractivity contribution in [2.75, 3.05) is 6.54 Å². The summed E-state index contributed by atoms with van der Waals surface area (Å²) in [6.07, 6.45) is 1.52. The molecule has 0 fully saturated rings. The number of carbonyl (C=O) groups excluding carboxylic acids is 2. The van der Waals surface area contributed by atoms with E-state index in [0.29, 0.717) is 11.6 Å². The van der Waals surface area contributed by atoms with Crippen molar-refractivity contribution in [2.24, 2.45) is 11.0 Å². The van der Waals surface area contributed by atoms with Crippen LogP contribution < -0.4 is 10.7 Å². The summed E-state index contributed by atoms with van der Waals surface area (Å²) >= 11 is 6.29. The van der Waals surface area contributed by atoms with Crippen molar-refractivity contribution in [1.29, 1.82) is 0 Å². The van der Waals surface area contributed by atoms with Gasteiger partial charge in [0.2, 0.25) is 0 Å². The Labute approximate surface area is 158 Å². The minimum absolute atomic E-state index is 0.269. The second kappa shape index (κ2) is 8.67. The zero-order valence-corrected chi connectivity index (χ0v) is 16.1. The van der Waals surface area contributed by atoms with Crippen LogP contribution in [0.5, 0.6) is 0 Å². The number of aryl methyl sites for hydroxylation is 1. The Morgan fingerprint density at radius 1 is 1.23 bits per heavy atom. The third kappa shape index (κ3) is 4.73. The SMILES string of the molecule is Cc1cc(/C=N\NC(=O)C(=O)NCC(C)C)c(C)n1-c1ccccc1Cl. The lowest BCUT2D eigenvalue weighted by Gasteiger charge is -2.11. The number of para-hydroxylation sites is 1. The van der Waals surface area contributed by atoms with E-state index < -0.39 is 11.8 Å². The Balaban J connectivity index is 2.10. The highest BCUT2D eigenvalue weighted by Crippen LogP contribution is 2.25. The highest BCUT2D eigenvalue weighted by Gasteiger charge is 2.14. The van der Waals surface area contributed by atoms with Crippen LogP contribution in [0.4, 0.5) is 0 Å². The second-order valence-corrected chi connectivity index (χ2v) is 6.82. The molecule has 0 aliphatic heterocycles. The van der Waals surface area contributed by atoms with Gasteiger partial charge < -0.3 is 9.88 Å². The minimum atomic E-state index is -0.790. The first-order chi connectivity index (χ1) is 12.3. The average Bonchev–Trinajstić information content (AvgIpc) is 2.87. The molecule has 138 valence electrons. The zero-order chi connectivity index (χ0) is 19.3. The molecule has 1 heterocycles. The predicted octanol–water partition coefficient (Wildman–Crippen LogP) is 2.97. The molecule has 0 saturated carbocycles. The average molecular weight is 375 g/mol. The normalized spacial score (nSPS) is 11.2. The van der Waals surface area contributed by atoms with E-state index in [9.17, 15) is 9.59 Å². The first-order valence-corrected chi connectivity index (χ1v) is 8.74. The third-order valence-corrected chi connectivity index (χ3v) is 4.13. The van der Waals surface area contributed by atoms with Gasteiger partial charge in [0.1, 0.15) is 0 Å². The number of hydrazone groups is 1. The topological polar surface area (TPSA) is 75.5 Å². The van der Waals surface area contributed by atoms with Crippen molar-refractivity contribution in [1.82, 2.24) is 15.3 Å². The summed E-state index contributed by atoms with van der Waals surface area (Å²) in [5, 5.41) is 7.07. The lowest BCUT2D eigenvalue weighted by Crippen LogP contribution is -2.39. The molecule has 2 aromatic rings. The maximum atomic E-state index is 11.7. The number of benzene rings is 1. The molecule has 0 bridgehead atoms. The molecular weight excluding hydrogens is 352 g/mol. The van der Waals surface area contributed by atoms with Crippen molar-refractivity contribution in [2.45, 2.75) is 27.7 Å². The Bertz CT molecular complexity index is 840. The molecule has 0 radical (unpaired) electrons. The fourth-order valence-electron chi connectivity index (χ4n) is 2.51. The molecule has 0 saturated heterocycles. The number of aromatic nitrogens is 1. The van der Waals surface area contributed by atoms with E-state index in [4.69, 9.17) is 11.6 Å². The molecule has 2 N–H and O–H groups in total. The van der Waals surface area contributed by atoms with Crippen LogP contribution in [0.1, 0.15) is 30.8 Å². The van der Waals surface area contributed by atoms with E-state index in [1.165, 1.54) is 6.21 Å². The van der Waals surface area contributed by atoms with Gasteiger partial charge in [-0.25, -0.2) is 5.43 Å². The van der Waals surface area contributed by atoms with Crippen molar-refractivity contribution in [3.63, 3.8) is 0 Å². The summed E-state index contributed by atoms with van der Waals surface area (Å²) in [5.41, 5.74) is 5.86. The largest absolute Gasteiger partial charge is 0.348 e. The number of carbonyl (C=O) groups is 2. The minimum Gasteiger partial charge on any atom is -0.348 e. The number of hydrogen-bond donors (Lipinski definition) is 2. The lowest BCUT2D eigenvalue weighted by atomic mass is 10.2. The summed E-state index contributed by atoms with van der Waals surface area (Å²) in [4.78, 5) is 23.3. The van der Waals surface area contributed by atoms with Crippen LogP contribution in [0, 0.1) is 19.8 Å². The monoisotopic (exact) mass is 374 g/mol. The molecule has 0 aliphatic rings. The molecule has 26 heavy (non-hydrogen) atoms. The number of nitrogens with one attached hydrogen (secondary N) is 2. The van der Waals surface area contributed by atoms with Gasteiger partial charge in [-0.2, -0.15) is 5.10 Å². The van der Waals surface area contributed by atoms with Crippen molar-refractivity contribution in [3.05, 3.63) is 52.3 Å². The van der Waals surface area contributed by atoms with Crippen LogP contribution in [-0.4, -0.2) is 29.1 Å². The van der Waals surface area contributed by atoms with Crippen LogP contribution in [0.2, 0.25) is 5.02 Å². The zero-order valence-electron chi connectivity index (χ0n) is 15.3. The van der Waals surface area contributed by atoms with Gasteiger partial charge in [-0.1, -0.05) is 37.6 Å². The molecule has 0 atom stereocenters. The fourth-order valence-corrected chi connectivity index (χ4v) is 2.73. The fraction of sp³-hybridized carbons (Fsp3) is 0.316. The second-order valence-electron chi connectivity index (χ2n) is 6.42. The number of amides is 2. The molecule has 2 amide bonds. The maximum Gasteiger partial charge on any atom is 0.329 e. The third-order valence-electron chi connectivity index (χ3n) is 3.81. The van der Waals surface area contributed by atoms with E-state index >= 15 is 0 Å². The molecule has 6 nitrogen and oxygen atoms in total. The van der Waals surface area contributed by atoms with Gasteiger partial charge >= 0.3 is 11.8 Å². The lowest BCUT2D eigenvalue weighted by molar-refractivity contribution is -0.139. The summed E-state index contributed by atoms with van der Waals surface area (Å²) in [7, 11) is 0. The van der Waals surface area contributed by atoms with E-state index in [1.807, 2.05) is 62.6 Å². The molecule has 7 heteroatoms. The van der Waals surface area contributed by atoms with Gasteiger partial charge in [-0.05, 0) is 38.0 Å². The van der Waals surface area contributed by atoms with Crippen LogP contribution in [0.15, 0.2) is 35.4 Å². The summed E-state index contributed by atoms with van der Waals surface area (Å²) in [5.74, 6) is -1.22. The van der Waals surface area contributed by atoms with Gasteiger partial charge in [0.05, 0.1) is 16.9 Å². The highest BCUT2D eigenvalue weighted by atomic mass is 35.5. The Morgan fingerprint density at radius 2 is 1.92 bits per heavy atom. The smallest absolute Gasteiger partial charge is 0.329 e. The van der Waals surface area contributed by atoms with Crippen LogP contribution in [0.3, 0.4) is 0 Å². The molecule has 1 aromatic heterocycles. The first-order valence-electron chi connectivity index (χ1n) is 8.36. The van der Waals surface area contributed by atoms with E-state index in [2.05, 4.69) is 15.8 Å². The quantitative estimate of drug-likeness (QED) is 0.479. The van der Waals surface area contributed by atoms with Crippen LogP contribution >= 0.6 is 11.6 Å². The number of rotatable bonds is 5. The van der Waals surface area contributed by atoms with Gasteiger partial charge in [-0.15, -0.1) is 0 Å². The van der Waals surface area contributed by atoms with E-state index in [0.717, 1.165) is 22.6 Å². The predicted molar refractivity (Wildman–Crippen MR) is 104 cm³/mol. The molecule has 0 aliphatic carbocycles. The summed E-state index contributed by atoms with van der Waals surface area (Å²) in [6.45, 7) is 8.24. The summed E-state index contributed by atoms with van der Waals surface area (Å²) in [6, 6.07) is 9.50. The maximum absolute atomic E-state index is 11.7. The number of nitrogens with zero attached hydrogens (tertiary/aromatic N) is 2. The Morgan fingerprint density at radius 3 is 2.58 bits per heavy atom. The molecular formula is C19H23ClN4O2. The van der Waals surface area contributed by atoms with Crippen molar-refractivity contribution >= 4 is 29.6 Å². The summed E-state index contributed by atoms with van der Waals surface area (Å²) < 4.78 is 2.01. The Hall–Kier alpha value is -2.60. The Kier molecular flexibility index (Phi) is 6.58. The molecule has 0 spiro atoms. The number of hydrogen-bond acceptors (Lipinski definition) is 3. The van der Waals surface area contributed by atoms with Crippen LogP contribution in [0.25, 0.3) is 5.69 Å². The number of halogens is 1. The van der Waals surface area contributed by atoms with Gasteiger partial charge in [0, 0.05) is 23.5 Å². The van der Waals surface area contributed by atoms with Gasteiger partial charge in [0.25, 0.3) is 0 Å². The molecule has 1 aromatic carbocycles. The molecule has 2 rings (SSSR count). The van der Waals surface area contributed by atoms with E-state index in [1.54, 1.807) is 0 Å². The van der Waals surface area contributed by atoms with E-state index in [-0.39, 0.29) is 5.92 Å². The van der Waals surface area contributed by atoms with Crippen molar-refractivity contribution in [3.8, 4) is 5.69 Å².